The van der Waals surface area contributed by atoms with Crippen LogP contribution in [0.5, 0.6) is 0 Å². The van der Waals surface area contributed by atoms with Crippen LogP contribution in [0.2, 0.25) is 0 Å². The van der Waals surface area contributed by atoms with E-state index >= 15 is 0 Å². The summed E-state index contributed by atoms with van der Waals surface area (Å²) < 4.78 is 0. The van der Waals surface area contributed by atoms with Crippen LogP contribution in [-0.4, -0.2) is 46.3 Å². The van der Waals surface area contributed by atoms with E-state index < -0.39 is 23.9 Å². The Bertz CT molecular complexity index is 1130. The van der Waals surface area contributed by atoms with Gasteiger partial charge in [0, 0.05) is 23.6 Å². The fourth-order valence-corrected chi connectivity index (χ4v) is 5.15. The summed E-state index contributed by atoms with van der Waals surface area (Å²) in [6.07, 6.45) is 9.30. The van der Waals surface area contributed by atoms with Gasteiger partial charge in [-0.2, -0.15) is 11.8 Å². The van der Waals surface area contributed by atoms with Gasteiger partial charge in [0.15, 0.2) is 0 Å². The van der Waals surface area contributed by atoms with Crippen LogP contribution in [0.25, 0.3) is 0 Å². The van der Waals surface area contributed by atoms with E-state index in [2.05, 4.69) is 25.2 Å². The van der Waals surface area contributed by atoms with E-state index in [1.54, 1.807) is 6.07 Å². The van der Waals surface area contributed by atoms with Gasteiger partial charge in [0.25, 0.3) is 5.91 Å². The number of nitrogens with one attached hydrogen (secondary N) is 1. The number of nitrogens with zero attached hydrogens (tertiary/aromatic N) is 1. The highest BCUT2D eigenvalue weighted by molar-refractivity contribution is 7.98. The van der Waals surface area contributed by atoms with Crippen LogP contribution in [0.1, 0.15) is 54.6 Å². The van der Waals surface area contributed by atoms with Crippen molar-refractivity contribution in [1.82, 2.24) is 10.2 Å². The van der Waals surface area contributed by atoms with Crippen LogP contribution in [0.3, 0.4) is 0 Å². The number of carbonyl (C=O) groups excluding carboxylic acids is 2. The van der Waals surface area contributed by atoms with Gasteiger partial charge in [0.05, 0.1) is 0 Å². The van der Waals surface area contributed by atoms with Crippen molar-refractivity contribution in [1.29, 1.82) is 0 Å². The smallest absolute Gasteiger partial charge is 0.327 e. The summed E-state index contributed by atoms with van der Waals surface area (Å²) in [5.74, 6) is -0.289. The fraction of sp³-hybridized carbons (Fsp3) is 0.367. The highest BCUT2D eigenvalue weighted by atomic mass is 32.2. The van der Waals surface area contributed by atoms with Gasteiger partial charge in [-0.3, -0.25) is 9.69 Å². The molecule has 0 spiro atoms. The Morgan fingerprint density at radius 1 is 1.05 bits per heavy atom. The summed E-state index contributed by atoms with van der Waals surface area (Å²) in [4.78, 5) is 40.0. The molecular formula is C30H36N2O4S. The molecule has 2 N–H and O–H groups in total. The lowest BCUT2D eigenvalue weighted by molar-refractivity contribution is -0.138. The highest BCUT2D eigenvalue weighted by Crippen LogP contribution is 2.19. The van der Waals surface area contributed by atoms with Crippen LogP contribution in [0.4, 0.5) is 4.79 Å². The number of urea groups is 1. The zero-order chi connectivity index (χ0) is 26.6. The first-order valence-corrected chi connectivity index (χ1v) is 13.9. The summed E-state index contributed by atoms with van der Waals surface area (Å²) in [5, 5.41) is 12.4. The van der Waals surface area contributed by atoms with Crippen molar-refractivity contribution >= 4 is 29.7 Å². The Morgan fingerprint density at radius 3 is 2.49 bits per heavy atom. The molecule has 0 radical (unpaired) electrons. The molecule has 0 aliphatic heterocycles. The molecule has 0 heterocycles. The first-order chi connectivity index (χ1) is 17.8. The maximum Gasteiger partial charge on any atom is 0.327 e. The van der Waals surface area contributed by atoms with Crippen molar-refractivity contribution in [3.05, 3.63) is 95.1 Å². The largest absolute Gasteiger partial charge is 0.480 e. The summed E-state index contributed by atoms with van der Waals surface area (Å²) in [6.45, 7) is 4.41. The Kier molecular flexibility index (Phi) is 11.0. The van der Waals surface area contributed by atoms with Crippen LogP contribution in [0, 0.1) is 5.92 Å². The molecular weight excluding hydrogens is 484 g/mol. The molecule has 3 rings (SSSR count). The average molecular weight is 521 g/mol. The molecule has 2 aromatic carbocycles. The topological polar surface area (TPSA) is 86.7 Å². The standard InChI is InChI=1S/C30H36N2O4S/c1-22(2)18-25-14-9-15-26(19-25)28(33)32(17-16-23-10-5-3-6-11-23)30(36)31-27(29(34)35)21-37-20-24-12-7-4-8-13-24/h3-5,7-10,12-15,19,22,27H,6,11,16-18,20-21H2,1-2H3,(H,31,36)(H,34,35)/t27-/m0/s1. The van der Waals surface area contributed by atoms with Crippen molar-refractivity contribution in [2.45, 2.75) is 51.3 Å². The van der Waals surface area contributed by atoms with Crippen molar-refractivity contribution in [2.75, 3.05) is 12.3 Å². The average Bonchev–Trinajstić information content (AvgIpc) is 2.89. The van der Waals surface area contributed by atoms with Gasteiger partial charge in [0.1, 0.15) is 6.04 Å². The summed E-state index contributed by atoms with van der Waals surface area (Å²) >= 11 is 1.43. The fourth-order valence-electron chi connectivity index (χ4n) is 4.14. The van der Waals surface area contributed by atoms with Gasteiger partial charge >= 0.3 is 12.0 Å². The molecule has 2 aromatic rings. The van der Waals surface area contributed by atoms with Gasteiger partial charge < -0.3 is 10.4 Å². The van der Waals surface area contributed by atoms with E-state index in [9.17, 15) is 19.5 Å². The zero-order valence-electron chi connectivity index (χ0n) is 21.6. The molecule has 0 saturated carbocycles. The Morgan fingerprint density at radius 2 is 1.81 bits per heavy atom. The quantitative estimate of drug-likeness (QED) is 0.354. The number of benzene rings is 2. The molecule has 6 nitrogen and oxygen atoms in total. The normalized spacial score (nSPS) is 13.6. The maximum absolute atomic E-state index is 13.5. The molecule has 37 heavy (non-hydrogen) atoms. The number of allylic oxidation sites excluding steroid dienone is 3. The lowest BCUT2D eigenvalue weighted by atomic mass is 10.00. The number of amides is 3. The Hall–Kier alpha value is -3.32. The zero-order valence-corrected chi connectivity index (χ0v) is 22.4. The predicted octanol–water partition coefficient (Wildman–Crippen LogP) is 6.09. The number of carboxylic acids is 1. The third-order valence-electron chi connectivity index (χ3n) is 6.06. The lowest BCUT2D eigenvalue weighted by Crippen LogP contribution is -2.51. The van der Waals surface area contributed by atoms with Gasteiger partial charge in [-0.15, -0.1) is 0 Å². The van der Waals surface area contributed by atoms with Gasteiger partial charge in [-0.25, -0.2) is 9.59 Å². The molecule has 1 aliphatic carbocycles. The van der Waals surface area contributed by atoms with E-state index in [-0.39, 0.29) is 12.3 Å². The molecule has 196 valence electrons. The summed E-state index contributed by atoms with van der Waals surface area (Å²) in [5.41, 5.74) is 3.70. The molecule has 3 amide bonds. The second kappa shape index (κ2) is 14.4. The molecule has 1 atom stereocenters. The highest BCUT2D eigenvalue weighted by Gasteiger charge is 2.28. The third kappa shape index (κ3) is 9.25. The molecule has 0 aromatic heterocycles. The van der Waals surface area contributed by atoms with E-state index in [1.165, 1.54) is 11.8 Å². The van der Waals surface area contributed by atoms with Gasteiger partial charge in [-0.05, 0) is 54.9 Å². The number of hydrogen-bond donors (Lipinski definition) is 2. The minimum absolute atomic E-state index is 0.183. The number of hydrogen-bond acceptors (Lipinski definition) is 4. The van der Waals surface area contributed by atoms with Crippen molar-refractivity contribution < 1.29 is 19.5 Å². The summed E-state index contributed by atoms with van der Waals surface area (Å²) in [7, 11) is 0. The molecule has 1 aliphatic rings. The molecule has 7 heteroatoms. The monoisotopic (exact) mass is 520 g/mol. The van der Waals surface area contributed by atoms with E-state index in [0.717, 1.165) is 40.9 Å². The lowest BCUT2D eigenvalue weighted by Gasteiger charge is -2.25. The van der Waals surface area contributed by atoms with Gasteiger partial charge in [-0.1, -0.05) is 80.1 Å². The first-order valence-electron chi connectivity index (χ1n) is 12.7. The number of imide groups is 1. The Labute approximate surface area is 223 Å². The number of carboxylic acid groups (broad SMARTS) is 1. The minimum atomic E-state index is -1.12. The number of rotatable bonds is 12. The van der Waals surface area contributed by atoms with Crippen LogP contribution < -0.4 is 5.32 Å². The Balaban J connectivity index is 1.73. The maximum atomic E-state index is 13.5. The second-order valence-electron chi connectivity index (χ2n) is 9.64. The number of thioether (sulfide) groups is 1. The van der Waals surface area contributed by atoms with Crippen LogP contribution >= 0.6 is 11.8 Å². The minimum Gasteiger partial charge on any atom is -0.480 e. The predicted molar refractivity (Wildman–Crippen MR) is 150 cm³/mol. The molecule has 0 unspecified atom stereocenters. The summed E-state index contributed by atoms with van der Waals surface area (Å²) in [6, 6.07) is 15.3. The second-order valence-corrected chi connectivity index (χ2v) is 10.7. The van der Waals surface area contributed by atoms with E-state index in [1.807, 2.05) is 60.7 Å². The van der Waals surface area contributed by atoms with Crippen molar-refractivity contribution in [2.24, 2.45) is 5.92 Å². The molecule has 0 fully saturated rings. The number of aliphatic carboxylic acids is 1. The first kappa shape index (κ1) is 28.3. The molecule has 0 saturated heterocycles. The van der Waals surface area contributed by atoms with Crippen LogP contribution in [0.15, 0.2) is 78.4 Å². The van der Waals surface area contributed by atoms with Crippen molar-refractivity contribution in [3.63, 3.8) is 0 Å². The van der Waals surface area contributed by atoms with Crippen LogP contribution in [-0.2, 0) is 17.0 Å². The third-order valence-corrected chi connectivity index (χ3v) is 7.16. The van der Waals surface area contributed by atoms with Crippen molar-refractivity contribution in [3.8, 4) is 0 Å². The molecule has 0 bridgehead atoms. The SMILES string of the molecule is CC(C)Cc1cccc(C(=O)N(CCC2=CC=CCC2)C(=O)N[C@@H](CSCc2ccccc2)C(=O)O)c1. The van der Waals surface area contributed by atoms with E-state index in [0.29, 0.717) is 23.7 Å². The van der Waals surface area contributed by atoms with E-state index in [4.69, 9.17) is 0 Å². The number of carbonyl (C=O) groups is 3. The van der Waals surface area contributed by atoms with Gasteiger partial charge in [0.2, 0.25) is 0 Å².